The SMILES string of the molecule is CC(C)(C)OC(=O)NC1CCNCC1.CCCCOc1nc(N)c2[nH]c(=O)n(Cc3ccc(CCl)cc3)c2n1.CCCCOc1nc(N)c2[nH]c(=O)n(Cc3ccc(CN4CCC(N)CC4)cc3)c2n1. The van der Waals surface area contributed by atoms with E-state index in [1.165, 1.54) is 10.1 Å². The zero-order valence-corrected chi connectivity index (χ0v) is 41.9. The molecular formula is C49H71ClN14O6. The van der Waals surface area contributed by atoms with Gasteiger partial charge in [0.05, 0.1) is 26.3 Å². The number of anilines is 2. The molecule has 0 radical (unpaired) electrons. The number of aromatic nitrogens is 8. The number of alkyl carbamates (subject to hydrolysis) is 1. The summed E-state index contributed by atoms with van der Waals surface area (Å²) in [6.45, 7) is 16.5. The van der Waals surface area contributed by atoms with Gasteiger partial charge in [-0.05, 0) is 108 Å². The predicted molar refractivity (Wildman–Crippen MR) is 274 cm³/mol. The van der Waals surface area contributed by atoms with Crippen molar-refractivity contribution in [2.24, 2.45) is 5.73 Å². The maximum atomic E-state index is 12.5. The Morgan fingerprint density at radius 1 is 0.714 bits per heavy atom. The van der Waals surface area contributed by atoms with E-state index in [2.05, 4.69) is 83.6 Å². The molecule has 10 N–H and O–H groups in total. The van der Waals surface area contributed by atoms with Gasteiger partial charge in [0, 0.05) is 24.5 Å². The van der Waals surface area contributed by atoms with Crippen LogP contribution in [-0.2, 0) is 30.3 Å². The molecule has 8 rings (SSSR count). The van der Waals surface area contributed by atoms with Crippen molar-refractivity contribution in [2.45, 2.75) is 129 Å². The first-order chi connectivity index (χ1) is 33.6. The molecule has 21 heteroatoms. The highest BCUT2D eigenvalue weighted by Gasteiger charge is 2.21. The van der Waals surface area contributed by atoms with Crippen LogP contribution in [0, 0.1) is 0 Å². The zero-order valence-electron chi connectivity index (χ0n) is 41.2. The van der Waals surface area contributed by atoms with E-state index in [0.717, 1.165) is 101 Å². The fourth-order valence-corrected chi connectivity index (χ4v) is 7.94. The van der Waals surface area contributed by atoms with Gasteiger partial charge in [0.25, 0.3) is 0 Å². The number of unbranched alkanes of at least 4 members (excludes halogenated alkanes) is 2. The lowest BCUT2D eigenvalue weighted by molar-refractivity contribution is 0.0495. The molecule has 380 valence electrons. The first-order valence-corrected chi connectivity index (χ1v) is 24.8. The number of hydrogen-bond donors (Lipinski definition) is 7. The van der Waals surface area contributed by atoms with Crippen molar-refractivity contribution < 1.29 is 19.0 Å². The van der Waals surface area contributed by atoms with Gasteiger partial charge in [-0.2, -0.15) is 19.9 Å². The maximum Gasteiger partial charge on any atom is 0.407 e. The molecule has 6 aromatic rings. The summed E-state index contributed by atoms with van der Waals surface area (Å²) in [4.78, 5) is 61.2. The monoisotopic (exact) mass is 987 g/mol. The Bertz CT molecular complexity index is 2700. The minimum Gasteiger partial charge on any atom is -0.463 e. The number of hydrogen-bond acceptors (Lipinski definition) is 15. The Kier molecular flexibility index (Phi) is 19.4. The third kappa shape index (κ3) is 15.6. The quantitative estimate of drug-likeness (QED) is 0.0447. The number of rotatable bonds is 16. The van der Waals surface area contributed by atoms with Crippen LogP contribution in [-0.4, -0.2) is 107 Å². The Morgan fingerprint density at radius 2 is 1.16 bits per heavy atom. The number of H-pyrrole nitrogens is 2. The predicted octanol–water partition coefficient (Wildman–Crippen LogP) is 5.78. The smallest absolute Gasteiger partial charge is 0.407 e. The van der Waals surface area contributed by atoms with Crippen molar-refractivity contribution in [2.75, 3.05) is 50.9 Å². The molecule has 4 aromatic heterocycles. The number of nitrogens with two attached hydrogens (primary N) is 3. The first-order valence-electron chi connectivity index (χ1n) is 24.3. The topological polar surface area (TPSA) is 277 Å². The summed E-state index contributed by atoms with van der Waals surface area (Å²) < 4.78 is 19.4. The average Bonchev–Trinajstić information content (AvgIpc) is 3.82. The Hall–Kier alpha value is -6.22. The van der Waals surface area contributed by atoms with Gasteiger partial charge >= 0.3 is 29.5 Å². The number of amides is 1. The third-order valence-electron chi connectivity index (χ3n) is 11.7. The maximum absolute atomic E-state index is 12.5. The number of imidazole rings is 2. The van der Waals surface area contributed by atoms with Gasteiger partial charge in [-0.25, -0.2) is 14.4 Å². The molecular weight excluding hydrogens is 916 g/mol. The second-order valence-electron chi connectivity index (χ2n) is 18.7. The number of fused-ring (bicyclic) bond motifs is 2. The van der Waals surface area contributed by atoms with Crippen molar-refractivity contribution >= 4 is 51.7 Å². The lowest BCUT2D eigenvalue weighted by atomic mass is 10.0. The van der Waals surface area contributed by atoms with Crippen LogP contribution in [0.1, 0.15) is 108 Å². The summed E-state index contributed by atoms with van der Waals surface area (Å²) in [5.41, 5.74) is 23.0. The molecule has 2 saturated heterocycles. The Balaban J connectivity index is 0.000000184. The minimum atomic E-state index is -0.406. The van der Waals surface area contributed by atoms with Gasteiger partial charge in [0.1, 0.15) is 16.6 Å². The molecule has 1 amide bonds. The van der Waals surface area contributed by atoms with E-state index < -0.39 is 5.60 Å². The molecule has 2 fully saturated rings. The summed E-state index contributed by atoms with van der Waals surface area (Å²) >= 11 is 5.81. The second-order valence-corrected chi connectivity index (χ2v) is 18.9. The highest BCUT2D eigenvalue weighted by atomic mass is 35.5. The van der Waals surface area contributed by atoms with Gasteiger partial charge < -0.3 is 52.0 Å². The number of nitrogens with zero attached hydrogens (tertiary/aromatic N) is 7. The standard InChI is InChI=1S/C22H31N7O2.C17H20ClN5O2.C10H20N2O2/c1-2-3-12-31-21-26-19(24)18-20(27-21)29(22(30)25-18)14-16-6-4-15(5-7-16)13-28-10-8-17(23)9-11-28;1-2-3-8-25-16-21-14(19)13-15(22-16)23(17(24)20-13)10-12-6-4-11(9-18)5-7-12;1-10(2,3)14-9(13)12-8-4-6-11-7-5-8/h4-7,17H,2-3,8-14,23H2,1H3,(H,25,30)(H2,24,26,27);4-7H,2-3,8-10H2,1H3,(H,20,24)(H2,19,21,22);8,11H,4-7H2,1-3H3,(H,12,13). The van der Waals surface area contributed by atoms with Gasteiger partial charge in [-0.1, -0.05) is 75.2 Å². The number of ether oxygens (including phenoxy) is 3. The normalized spacial score (nSPS) is 14.7. The highest BCUT2D eigenvalue weighted by molar-refractivity contribution is 6.17. The lowest BCUT2D eigenvalue weighted by Gasteiger charge is -2.30. The fraction of sp³-hybridized carbons (Fsp3) is 0.531. The lowest BCUT2D eigenvalue weighted by Crippen LogP contribution is -2.44. The largest absolute Gasteiger partial charge is 0.463 e. The van der Waals surface area contributed by atoms with Gasteiger partial charge in [-0.15, -0.1) is 11.6 Å². The first kappa shape index (κ1) is 53.1. The number of aromatic amines is 2. The number of alkyl halides is 1. The molecule has 0 aliphatic carbocycles. The molecule has 20 nitrogen and oxygen atoms in total. The van der Waals surface area contributed by atoms with Crippen LogP contribution in [0.3, 0.4) is 0 Å². The van der Waals surface area contributed by atoms with E-state index in [9.17, 15) is 14.4 Å². The average molecular weight is 988 g/mol. The molecule has 0 saturated carbocycles. The van der Waals surface area contributed by atoms with E-state index in [4.69, 9.17) is 43.0 Å². The van der Waals surface area contributed by atoms with Crippen molar-refractivity contribution in [3.05, 3.63) is 91.8 Å². The molecule has 2 aliphatic rings. The molecule has 2 aliphatic heterocycles. The van der Waals surface area contributed by atoms with Gasteiger partial charge in [-0.3, -0.25) is 14.0 Å². The number of nitrogen functional groups attached to an aromatic ring is 2. The minimum absolute atomic E-state index is 0.184. The van der Waals surface area contributed by atoms with Crippen molar-refractivity contribution in [3.63, 3.8) is 0 Å². The van der Waals surface area contributed by atoms with E-state index >= 15 is 0 Å². The van der Waals surface area contributed by atoms with Crippen LogP contribution >= 0.6 is 11.6 Å². The van der Waals surface area contributed by atoms with Gasteiger partial charge in [0.15, 0.2) is 22.9 Å². The number of nitrogens with one attached hydrogen (secondary N) is 4. The molecule has 70 heavy (non-hydrogen) atoms. The highest BCUT2D eigenvalue weighted by Crippen LogP contribution is 2.21. The molecule has 2 aromatic carbocycles. The van der Waals surface area contributed by atoms with E-state index in [1.807, 2.05) is 45.0 Å². The number of carbonyl (C=O) groups is 1. The number of benzene rings is 2. The molecule has 0 unspecified atom stereocenters. The summed E-state index contributed by atoms with van der Waals surface area (Å²) in [6, 6.07) is 17.1. The van der Waals surface area contributed by atoms with E-state index in [1.54, 1.807) is 4.57 Å². The second kappa shape index (κ2) is 25.6. The number of carbonyl (C=O) groups excluding carboxylic acids is 1. The van der Waals surface area contributed by atoms with E-state index in [0.29, 0.717) is 60.6 Å². The van der Waals surface area contributed by atoms with Crippen LogP contribution in [0.15, 0.2) is 58.1 Å². The number of halogens is 1. The van der Waals surface area contributed by atoms with Crippen molar-refractivity contribution in [3.8, 4) is 12.0 Å². The summed E-state index contributed by atoms with van der Waals surface area (Å²) in [5.74, 6) is 0.865. The molecule has 0 atom stereocenters. The zero-order chi connectivity index (χ0) is 50.2. The number of piperidine rings is 2. The molecule has 0 bridgehead atoms. The van der Waals surface area contributed by atoms with E-state index in [-0.39, 0.29) is 47.2 Å². The third-order valence-corrected chi connectivity index (χ3v) is 12.0. The molecule has 0 spiro atoms. The fourth-order valence-electron chi connectivity index (χ4n) is 7.76. The summed E-state index contributed by atoms with van der Waals surface area (Å²) in [6.07, 6.45) is 7.58. The van der Waals surface area contributed by atoms with Crippen molar-refractivity contribution in [1.82, 2.24) is 54.6 Å². The Morgan fingerprint density at radius 3 is 1.59 bits per heavy atom. The van der Waals surface area contributed by atoms with Crippen LogP contribution < -0.4 is 48.7 Å². The van der Waals surface area contributed by atoms with Crippen LogP contribution in [0.2, 0.25) is 0 Å². The number of likely N-dealkylation sites (tertiary alicyclic amines) is 1. The van der Waals surface area contributed by atoms with Crippen LogP contribution in [0.4, 0.5) is 16.4 Å². The van der Waals surface area contributed by atoms with Gasteiger partial charge in [0.2, 0.25) is 0 Å². The summed E-state index contributed by atoms with van der Waals surface area (Å²) in [7, 11) is 0. The Labute approximate surface area is 413 Å². The van der Waals surface area contributed by atoms with Crippen LogP contribution in [0.25, 0.3) is 22.3 Å². The summed E-state index contributed by atoms with van der Waals surface area (Å²) in [5, 5.41) is 6.12. The van der Waals surface area contributed by atoms with Crippen molar-refractivity contribution in [1.29, 1.82) is 0 Å². The van der Waals surface area contributed by atoms with Crippen LogP contribution in [0.5, 0.6) is 12.0 Å². The molecule has 6 heterocycles.